The van der Waals surface area contributed by atoms with E-state index in [1.165, 1.54) is 0 Å². The van der Waals surface area contributed by atoms with Crippen molar-refractivity contribution in [1.82, 2.24) is 20.6 Å². The van der Waals surface area contributed by atoms with Crippen molar-refractivity contribution < 1.29 is 9.90 Å². The van der Waals surface area contributed by atoms with E-state index in [-0.39, 0.29) is 5.91 Å². The van der Waals surface area contributed by atoms with Gasteiger partial charge < -0.3 is 10.4 Å². The molecule has 0 saturated heterocycles. The minimum Gasteiger partial charge on any atom is -0.380 e. The van der Waals surface area contributed by atoms with Crippen LogP contribution in [0, 0.1) is 0 Å². The summed E-state index contributed by atoms with van der Waals surface area (Å²) in [6.07, 6.45) is 4.53. The second kappa shape index (κ2) is 6.23. The first-order valence-corrected chi connectivity index (χ1v) is 7.51. The average molecular weight is 301 g/mol. The summed E-state index contributed by atoms with van der Waals surface area (Å²) in [6, 6.07) is 7.44. The van der Waals surface area contributed by atoms with Gasteiger partial charge in [-0.05, 0) is 30.5 Å². The van der Waals surface area contributed by atoms with Gasteiger partial charge in [-0.25, -0.2) is 0 Å². The number of carbonyl (C=O) groups is 1. The minimum atomic E-state index is -1.22. The summed E-state index contributed by atoms with van der Waals surface area (Å²) < 4.78 is 0. The standard InChI is InChI=1S/C15H19N5O2/c21-14(15(22)8-2-1-3-9-15)16-12-6-4-11(5-7-12)10-13-17-19-20-18-13/h4-7,22H,1-3,8-10H2,(H,16,21)(H,17,18,19,20). The molecule has 1 aromatic heterocycles. The Morgan fingerprint density at radius 1 is 1.23 bits per heavy atom. The maximum absolute atomic E-state index is 12.2. The zero-order chi connectivity index (χ0) is 15.4. The Bertz CT molecular complexity index is 618. The highest BCUT2D eigenvalue weighted by Crippen LogP contribution is 2.29. The van der Waals surface area contributed by atoms with Crippen LogP contribution in [-0.2, 0) is 11.2 Å². The minimum absolute atomic E-state index is 0.307. The number of tetrazole rings is 1. The van der Waals surface area contributed by atoms with Crippen molar-refractivity contribution in [3.8, 4) is 0 Å². The average Bonchev–Trinajstić information content (AvgIpc) is 3.03. The fourth-order valence-corrected chi connectivity index (χ4v) is 2.76. The van der Waals surface area contributed by atoms with Crippen molar-refractivity contribution in [1.29, 1.82) is 0 Å². The normalized spacial score (nSPS) is 17.1. The topological polar surface area (TPSA) is 104 Å². The van der Waals surface area contributed by atoms with Crippen LogP contribution < -0.4 is 5.32 Å². The Morgan fingerprint density at radius 3 is 2.59 bits per heavy atom. The molecule has 1 aliphatic rings. The van der Waals surface area contributed by atoms with Gasteiger partial charge in [0.25, 0.3) is 5.91 Å². The highest BCUT2D eigenvalue weighted by Gasteiger charge is 2.36. The summed E-state index contributed by atoms with van der Waals surface area (Å²) in [4.78, 5) is 12.2. The molecule has 2 aromatic rings. The summed E-state index contributed by atoms with van der Waals surface area (Å²) >= 11 is 0. The zero-order valence-electron chi connectivity index (χ0n) is 12.2. The van der Waals surface area contributed by atoms with Gasteiger partial charge >= 0.3 is 0 Å². The third kappa shape index (κ3) is 3.30. The Labute approximate surface area is 128 Å². The number of nitrogens with zero attached hydrogens (tertiary/aromatic N) is 3. The maximum Gasteiger partial charge on any atom is 0.256 e. The fourth-order valence-electron chi connectivity index (χ4n) is 2.76. The molecule has 22 heavy (non-hydrogen) atoms. The smallest absolute Gasteiger partial charge is 0.256 e. The summed E-state index contributed by atoms with van der Waals surface area (Å²) in [7, 11) is 0. The van der Waals surface area contributed by atoms with Crippen LogP contribution in [0.25, 0.3) is 0 Å². The summed E-state index contributed by atoms with van der Waals surface area (Å²) in [5.74, 6) is 0.312. The molecule has 1 saturated carbocycles. The van der Waals surface area contributed by atoms with E-state index in [1.54, 1.807) is 0 Å². The summed E-state index contributed by atoms with van der Waals surface area (Å²) in [5, 5.41) is 26.9. The maximum atomic E-state index is 12.2. The molecule has 0 bridgehead atoms. The third-order valence-electron chi connectivity index (χ3n) is 4.07. The number of hydrogen-bond acceptors (Lipinski definition) is 5. The van der Waals surface area contributed by atoms with Gasteiger partial charge in [0, 0.05) is 12.1 Å². The van der Waals surface area contributed by atoms with E-state index < -0.39 is 5.60 Å². The number of H-pyrrole nitrogens is 1. The molecular weight excluding hydrogens is 282 g/mol. The van der Waals surface area contributed by atoms with Crippen LogP contribution in [0.15, 0.2) is 24.3 Å². The lowest BCUT2D eigenvalue weighted by atomic mass is 9.84. The SMILES string of the molecule is O=C(Nc1ccc(Cc2nn[nH]n2)cc1)C1(O)CCCCC1. The largest absolute Gasteiger partial charge is 0.380 e. The second-order valence-corrected chi connectivity index (χ2v) is 5.75. The van der Waals surface area contributed by atoms with Gasteiger partial charge in [0.1, 0.15) is 5.60 Å². The lowest BCUT2D eigenvalue weighted by Gasteiger charge is -2.30. The summed E-state index contributed by atoms with van der Waals surface area (Å²) in [5.41, 5.74) is 0.485. The van der Waals surface area contributed by atoms with Gasteiger partial charge in [0.05, 0.1) is 0 Å². The van der Waals surface area contributed by atoms with Crippen LogP contribution in [0.3, 0.4) is 0 Å². The van der Waals surface area contributed by atoms with Crippen molar-refractivity contribution in [2.45, 2.75) is 44.1 Å². The van der Waals surface area contributed by atoms with Crippen LogP contribution in [0.1, 0.15) is 43.5 Å². The van der Waals surface area contributed by atoms with Crippen LogP contribution in [-0.4, -0.2) is 37.2 Å². The fraction of sp³-hybridized carbons (Fsp3) is 0.467. The van der Waals surface area contributed by atoms with Crippen LogP contribution >= 0.6 is 0 Å². The van der Waals surface area contributed by atoms with E-state index in [0.717, 1.165) is 24.8 Å². The number of nitrogens with one attached hydrogen (secondary N) is 2. The number of aromatic nitrogens is 4. The molecule has 1 heterocycles. The lowest BCUT2D eigenvalue weighted by molar-refractivity contribution is -0.137. The number of aromatic amines is 1. The number of rotatable bonds is 4. The molecule has 1 aliphatic carbocycles. The van der Waals surface area contributed by atoms with Gasteiger partial charge in [-0.2, -0.15) is 5.21 Å². The van der Waals surface area contributed by atoms with Gasteiger partial charge in [0.2, 0.25) is 0 Å². The Morgan fingerprint density at radius 2 is 1.95 bits per heavy atom. The van der Waals surface area contributed by atoms with Crippen molar-refractivity contribution >= 4 is 11.6 Å². The van der Waals surface area contributed by atoms with E-state index in [9.17, 15) is 9.90 Å². The molecule has 0 atom stereocenters. The number of benzene rings is 1. The molecule has 1 amide bonds. The second-order valence-electron chi connectivity index (χ2n) is 5.75. The molecule has 1 fully saturated rings. The van der Waals surface area contributed by atoms with Gasteiger partial charge in [-0.15, -0.1) is 10.2 Å². The predicted octanol–water partition coefficient (Wildman–Crippen LogP) is 1.42. The molecule has 0 spiro atoms. The van der Waals surface area contributed by atoms with Crippen LogP contribution in [0.2, 0.25) is 0 Å². The number of hydrogen-bond donors (Lipinski definition) is 3. The number of aliphatic hydroxyl groups is 1. The van der Waals surface area contributed by atoms with Crippen molar-refractivity contribution in [2.24, 2.45) is 0 Å². The van der Waals surface area contributed by atoms with Gasteiger partial charge in [0.15, 0.2) is 5.82 Å². The molecule has 0 radical (unpaired) electrons. The highest BCUT2D eigenvalue weighted by atomic mass is 16.3. The van der Waals surface area contributed by atoms with Crippen LogP contribution in [0.5, 0.6) is 0 Å². The molecule has 3 N–H and O–H groups in total. The molecule has 3 rings (SSSR count). The predicted molar refractivity (Wildman–Crippen MR) is 80.1 cm³/mol. The first-order valence-electron chi connectivity index (χ1n) is 7.51. The van der Waals surface area contributed by atoms with Crippen molar-refractivity contribution in [3.05, 3.63) is 35.7 Å². The van der Waals surface area contributed by atoms with E-state index >= 15 is 0 Å². The molecule has 7 heteroatoms. The van der Waals surface area contributed by atoms with Gasteiger partial charge in [-0.1, -0.05) is 36.6 Å². The Kier molecular flexibility index (Phi) is 4.15. The van der Waals surface area contributed by atoms with Gasteiger partial charge in [-0.3, -0.25) is 4.79 Å². The molecule has 0 unspecified atom stereocenters. The Hall–Kier alpha value is -2.28. The first kappa shape index (κ1) is 14.6. The number of amides is 1. The first-order chi connectivity index (χ1) is 10.7. The summed E-state index contributed by atoms with van der Waals surface area (Å²) in [6.45, 7) is 0. The number of carbonyl (C=O) groups excluding carboxylic acids is 1. The monoisotopic (exact) mass is 301 g/mol. The molecule has 0 aliphatic heterocycles. The van der Waals surface area contributed by atoms with Crippen molar-refractivity contribution in [2.75, 3.05) is 5.32 Å². The van der Waals surface area contributed by atoms with E-state index in [1.807, 2.05) is 24.3 Å². The highest BCUT2D eigenvalue weighted by molar-refractivity contribution is 5.97. The zero-order valence-corrected chi connectivity index (χ0v) is 12.2. The molecular formula is C15H19N5O2. The van der Waals surface area contributed by atoms with Crippen LogP contribution in [0.4, 0.5) is 5.69 Å². The Balaban J connectivity index is 1.62. The van der Waals surface area contributed by atoms with E-state index in [2.05, 4.69) is 25.9 Å². The lowest BCUT2D eigenvalue weighted by Crippen LogP contribution is -2.44. The molecule has 116 valence electrons. The van der Waals surface area contributed by atoms with Crippen molar-refractivity contribution in [3.63, 3.8) is 0 Å². The quantitative estimate of drug-likeness (QED) is 0.792. The van der Waals surface area contributed by atoms with E-state index in [0.29, 0.717) is 30.8 Å². The molecule has 1 aromatic carbocycles. The molecule has 7 nitrogen and oxygen atoms in total. The number of anilines is 1. The van der Waals surface area contributed by atoms with E-state index in [4.69, 9.17) is 0 Å². The third-order valence-corrected chi connectivity index (χ3v) is 4.07.